The van der Waals surface area contributed by atoms with Crippen LogP contribution in [0.4, 0.5) is 14.6 Å². The van der Waals surface area contributed by atoms with Crippen molar-refractivity contribution in [2.45, 2.75) is 32.2 Å². The SMILES string of the molecule is C[C@@H](Nc1ncnc2sc3c(c12)CCC3)c1ccc(F)cc1F. The van der Waals surface area contributed by atoms with Gasteiger partial charge in [0.2, 0.25) is 0 Å². The maximum atomic E-state index is 14.0. The molecule has 118 valence electrons. The molecular weight excluding hydrogens is 316 g/mol. The highest BCUT2D eigenvalue weighted by Gasteiger charge is 2.22. The Morgan fingerprint density at radius 2 is 2.09 bits per heavy atom. The highest BCUT2D eigenvalue weighted by atomic mass is 32.1. The molecule has 0 saturated carbocycles. The number of nitrogens with zero attached hydrogens (tertiary/aromatic N) is 2. The summed E-state index contributed by atoms with van der Waals surface area (Å²) in [5.41, 5.74) is 1.74. The minimum Gasteiger partial charge on any atom is -0.363 e. The molecule has 1 atom stereocenters. The number of hydrogen-bond donors (Lipinski definition) is 1. The van der Waals surface area contributed by atoms with Crippen molar-refractivity contribution >= 4 is 27.4 Å². The monoisotopic (exact) mass is 331 g/mol. The summed E-state index contributed by atoms with van der Waals surface area (Å²) in [5.74, 6) is -0.394. The molecule has 0 aliphatic heterocycles. The molecule has 1 N–H and O–H groups in total. The summed E-state index contributed by atoms with van der Waals surface area (Å²) < 4.78 is 27.0. The molecule has 1 aliphatic carbocycles. The van der Waals surface area contributed by atoms with Gasteiger partial charge in [0.15, 0.2) is 0 Å². The Morgan fingerprint density at radius 1 is 1.22 bits per heavy atom. The van der Waals surface area contributed by atoms with Gasteiger partial charge in [0.25, 0.3) is 0 Å². The van der Waals surface area contributed by atoms with E-state index in [0.29, 0.717) is 5.56 Å². The van der Waals surface area contributed by atoms with Crippen molar-refractivity contribution in [3.8, 4) is 0 Å². The predicted octanol–water partition coefficient (Wildman–Crippen LogP) is 4.63. The smallest absolute Gasteiger partial charge is 0.138 e. The number of halogens is 2. The maximum absolute atomic E-state index is 14.0. The van der Waals surface area contributed by atoms with E-state index < -0.39 is 11.6 Å². The predicted molar refractivity (Wildman–Crippen MR) is 87.8 cm³/mol. The summed E-state index contributed by atoms with van der Waals surface area (Å²) in [6.07, 6.45) is 4.83. The number of thiophene rings is 1. The molecule has 3 nitrogen and oxygen atoms in total. The lowest BCUT2D eigenvalue weighted by molar-refractivity contribution is 0.566. The molecule has 1 aromatic carbocycles. The Hall–Kier alpha value is -2.08. The molecule has 0 radical (unpaired) electrons. The molecule has 0 saturated heterocycles. The number of aromatic nitrogens is 2. The fourth-order valence-electron chi connectivity index (χ4n) is 3.17. The number of anilines is 1. The summed E-state index contributed by atoms with van der Waals surface area (Å²) in [5, 5.41) is 4.33. The first-order valence-corrected chi connectivity index (χ1v) is 8.42. The standard InChI is InChI=1S/C17H15F2N3S/c1-9(11-6-5-10(18)7-13(11)19)22-16-15-12-3-2-4-14(12)23-17(15)21-8-20-16/h5-9H,2-4H2,1H3,(H,20,21,22)/t9-/m1/s1. The summed E-state index contributed by atoms with van der Waals surface area (Å²) in [7, 11) is 0. The lowest BCUT2D eigenvalue weighted by Crippen LogP contribution is -2.10. The molecule has 3 aromatic rings. The van der Waals surface area contributed by atoms with Gasteiger partial charge in [-0.1, -0.05) is 6.07 Å². The highest BCUT2D eigenvalue weighted by Crippen LogP contribution is 2.39. The van der Waals surface area contributed by atoms with Crippen molar-refractivity contribution in [1.29, 1.82) is 0 Å². The summed E-state index contributed by atoms with van der Waals surface area (Å²) in [6, 6.07) is 3.34. The van der Waals surface area contributed by atoms with Gasteiger partial charge in [-0.15, -0.1) is 11.3 Å². The molecule has 0 amide bonds. The van der Waals surface area contributed by atoms with Crippen LogP contribution < -0.4 is 5.32 Å². The number of hydrogen-bond acceptors (Lipinski definition) is 4. The largest absolute Gasteiger partial charge is 0.363 e. The van der Waals surface area contributed by atoms with Crippen LogP contribution in [0.1, 0.15) is 35.4 Å². The van der Waals surface area contributed by atoms with E-state index in [-0.39, 0.29) is 6.04 Å². The van der Waals surface area contributed by atoms with Gasteiger partial charge in [-0.25, -0.2) is 18.7 Å². The molecule has 2 heterocycles. The second kappa shape index (κ2) is 5.53. The normalized spacial score (nSPS) is 14.9. The van der Waals surface area contributed by atoms with Crippen molar-refractivity contribution in [2.24, 2.45) is 0 Å². The maximum Gasteiger partial charge on any atom is 0.138 e. The van der Waals surface area contributed by atoms with Gasteiger partial charge in [0.05, 0.1) is 11.4 Å². The molecule has 2 aromatic heterocycles. The number of fused-ring (bicyclic) bond motifs is 3. The average Bonchev–Trinajstić information content (AvgIpc) is 3.07. The molecule has 23 heavy (non-hydrogen) atoms. The summed E-state index contributed by atoms with van der Waals surface area (Å²) in [6.45, 7) is 1.84. The summed E-state index contributed by atoms with van der Waals surface area (Å²) >= 11 is 1.71. The van der Waals surface area contributed by atoms with E-state index in [2.05, 4.69) is 15.3 Å². The van der Waals surface area contributed by atoms with Gasteiger partial charge in [0, 0.05) is 16.5 Å². The first kappa shape index (κ1) is 14.5. The third-order valence-corrected chi connectivity index (χ3v) is 5.48. The minimum atomic E-state index is -0.571. The molecule has 0 fully saturated rings. The molecular formula is C17H15F2N3S. The van der Waals surface area contributed by atoms with Crippen LogP contribution in [0.2, 0.25) is 0 Å². The number of rotatable bonds is 3. The van der Waals surface area contributed by atoms with E-state index in [0.717, 1.165) is 41.4 Å². The van der Waals surface area contributed by atoms with Crippen LogP contribution in [0.25, 0.3) is 10.2 Å². The first-order chi connectivity index (χ1) is 11.1. The van der Waals surface area contributed by atoms with Crippen LogP contribution >= 0.6 is 11.3 Å². The Morgan fingerprint density at radius 3 is 2.91 bits per heavy atom. The average molecular weight is 331 g/mol. The Labute approximate surface area is 136 Å². The van der Waals surface area contributed by atoms with Crippen molar-refractivity contribution < 1.29 is 8.78 Å². The van der Waals surface area contributed by atoms with E-state index in [1.807, 2.05) is 6.92 Å². The second-order valence-electron chi connectivity index (χ2n) is 5.79. The number of nitrogens with one attached hydrogen (secondary N) is 1. The van der Waals surface area contributed by atoms with Crippen LogP contribution in [0.15, 0.2) is 24.5 Å². The van der Waals surface area contributed by atoms with Crippen LogP contribution in [0.3, 0.4) is 0 Å². The molecule has 4 rings (SSSR count). The van der Waals surface area contributed by atoms with E-state index in [1.54, 1.807) is 11.3 Å². The van der Waals surface area contributed by atoms with Gasteiger partial charge in [-0.3, -0.25) is 0 Å². The van der Waals surface area contributed by atoms with Crippen molar-refractivity contribution in [1.82, 2.24) is 9.97 Å². The van der Waals surface area contributed by atoms with Crippen LogP contribution in [-0.4, -0.2) is 9.97 Å². The first-order valence-electron chi connectivity index (χ1n) is 7.60. The second-order valence-corrected chi connectivity index (χ2v) is 6.88. The third kappa shape index (κ3) is 2.47. The Bertz CT molecular complexity index is 891. The van der Waals surface area contributed by atoms with Crippen molar-refractivity contribution in [2.75, 3.05) is 5.32 Å². The van der Waals surface area contributed by atoms with E-state index in [1.165, 1.54) is 28.9 Å². The lowest BCUT2D eigenvalue weighted by atomic mass is 10.1. The quantitative estimate of drug-likeness (QED) is 0.760. The van der Waals surface area contributed by atoms with Gasteiger partial charge in [0.1, 0.15) is 28.6 Å². The Balaban J connectivity index is 1.72. The van der Waals surface area contributed by atoms with Crippen LogP contribution in [-0.2, 0) is 12.8 Å². The van der Waals surface area contributed by atoms with E-state index in [9.17, 15) is 8.78 Å². The molecule has 6 heteroatoms. The molecule has 1 aliphatic rings. The fraction of sp³-hybridized carbons (Fsp3) is 0.294. The minimum absolute atomic E-state index is 0.314. The number of aryl methyl sites for hydroxylation is 2. The molecule has 0 bridgehead atoms. The Kier molecular flexibility index (Phi) is 3.49. The van der Waals surface area contributed by atoms with Crippen molar-refractivity contribution in [3.63, 3.8) is 0 Å². The van der Waals surface area contributed by atoms with Gasteiger partial charge >= 0.3 is 0 Å². The van der Waals surface area contributed by atoms with Gasteiger partial charge in [-0.2, -0.15) is 0 Å². The van der Waals surface area contributed by atoms with Crippen molar-refractivity contribution in [3.05, 3.63) is 52.2 Å². The number of benzene rings is 1. The van der Waals surface area contributed by atoms with E-state index >= 15 is 0 Å². The van der Waals surface area contributed by atoms with Gasteiger partial charge < -0.3 is 5.32 Å². The van der Waals surface area contributed by atoms with Crippen LogP contribution in [0, 0.1) is 11.6 Å². The van der Waals surface area contributed by atoms with Crippen LogP contribution in [0.5, 0.6) is 0 Å². The molecule has 0 spiro atoms. The molecule has 0 unspecified atom stereocenters. The third-order valence-electron chi connectivity index (χ3n) is 4.28. The van der Waals surface area contributed by atoms with Gasteiger partial charge in [-0.05, 0) is 37.8 Å². The zero-order valence-corrected chi connectivity index (χ0v) is 13.4. The zero-order valence-electron chi connectivity index (χ0n) is 12.6. The van der Waals surface area contributed by atoms with E-state index in [4.69, 9.17) is 0 Å². The highest BCUT2D eigenvalue weighted by molar-refractivity contribution is 7.19. The lowest BCUT2D eigenvalue weighted by Gasteiger charge is -2.16. The summed E-state index contributed by atoms with van der Waals surface area (Å²) in [4.78, 5) is 11.1. The fourth-order valence-corrected chi connectivity index (χ4v) is 4.40. The topological polar surface area (TPSA) is 37.8 Å². The zero-order chi connectivity index (χ0) is 16.0.